The number of hydrogen-bond acceptors (Lipinski definition) is 4. The Bertz CT molecular complexity index is 500. The number of pyridine rings is 1. The minimum absolute atomic E-state index is 0.194. The number of aromatic nitrogens is 1. The summed E-state index contributed by atoms with van der Waals surface area (Å²) in [6.45, 7) is 0.846. The molecule has 2 aromatic rings. The largest absolute Gasteiger partial charge is 0.508 e. The van der Waals surface area contributed by atoms with Crippen LogP contribution in [0.5, 0.6) is 11.5 Å². The van der Waals surface area contributed by atoms with Crippen LogP contribution in [0.2, 0.25) is 0 Å². The molecule has 88 valence electrons. The molecule has 0 radical (unpaired) electrons. The predicted molar refractivity (Wildman–Crippen MR) is 64.6 cm³/mol. The first-order chi connectivity index (χ1) is 8.28. The summed E-state index contributed by atoms with van der Waals surface area (Å²) in [5.41, 5.74) is 7.35. The first-order valence-electron chi connectivity index (χ1n) is 5.33. The van der Waals surface area contributed by atoms with Crippen LogP contribution in [-0.4, -0.2) is 10.1 Å². The molecule has 0 saturated heterocycles. The first kappa shape index (κ1) is 11.4. The van der Waals surface area contributed by atoms with Crippen molar-refractivity contribution in [3.8, 4) is 11.5 Å². The summed E-state index contributed by atoms with van der Waals surface area (Å²) in [6, 6.07) is 10.5. The lowest BCUT2D eigenvalue weighted by atomic mass is 10.2. The fourth-order valence-corrected chi connectivity index (χ4v) is 1.47. The Morgan fingerprint density at radius 1 is 1.24 bits per heavy atom. The van der Waals surface area contributed by atoms with Crippen LogP contribution in [0, 0.1) is 0 Å². The van der Waals surface area contributed by atoms with Crippen molar-refractivity contribution in [1.29, 1.82) is 0 Å². The molecule has 3 N–H and O–H groups in total. The molecule has 4 nitrogen and oxygen atoms in total. The van der Waals surface area contributed by atoms with Gasteiger partial charge < -0.3 is 15.6 Å². The van der Waals surface area contributed by atoms with Crippen LogP contribution >= 0.6 is 0 Å². The van der Waals surface area contributed by atoms with Crippen LogP contribution in [0.1, 0.15) is 11.3 Å². The van der Waals surface area contributed by atoms with Crippen molar-refractivity contribution in [2.45, 2.75) is 13.2 Å². The zero-order valence-corrected chi connectivity index (χ0v) is 9.34. The minimum Gasteiger partial charge on any atom is -0.508 e. The van der Waals surface area contributed by atoms with Crippen LogP contribution in [0.15, 0.2) is 42.6 Å². The van der Waals surface area contributed by atoms with Crippen molar-refractivity contribution in [2.24, 2.45) is 5.73 Å². The van der Waals surface area contributed by atoms with Gasteiger partial charge in [0.1, 0.15) is 18.1 Å². The number of phenols is 1. The lowest BCUT2D eigenvalue weighted by molar-refractivity contribution is 0.304. The second-order valence-electron chi connectivity index (χ2n) is 3.65. The van der Waals surface area contributed by atoms with Crippen molar-refractivity contribution < 1.29 is 9.84 Å². The molecule has 0 atom stereocenters. The lowest BCUT2D eigenvalue weighted by Gasteiger charge is -2.07. The van der Waals surface area contributed by atoms with Gasteiger partial charge in [0.2, 0.25) is 0 Å². The SMILES string of the molecule is NCc1cc(COc2cccc(O)c2)ccn1. The van der Waals surface area contributed by atoms with E-state index >= 15 is 0 Å². The molecule has 2 rings (SSSR count). The molecule has 0 unspecified atom stereocenters. The van der Waals surface area contributed by atoms with E-state index in [1.807, 2.05) is 12.1 Å². The number of ether oxygens (including phenoxy) is 1. The molecule has 1 aromatic carbocycles. The van der Waals surface area contributed by atoms with Crippen LogP contribution in [0.25, 0.3) is 0 Å². The van der Waals surface area contributed by atoms with Gasteiger partial charge in [0.15, 0.2) is 0 Å². The van der Waals surface area contributed by atoms with Crippen LogP contribution in [0.3, 0.4) is 0 Å². The van der Waals surface area contributed by atoms with Crippen molar-refractivity contribution in [3.05, 3.63) is 53.9 Å². The average Bonchev–Trinajstić information content (AvgIpc) is 2.37. The molecule has 0 aliphatic carbocycles. The Balaban J connectivity index is 2.02. The highest BCUT2D eigenvalue weighted by molar-refractivity contribution is 5.32. The summed E-state index contributed by atoms with van der Waals surface area (Å²) in [4.78, 5) is 4.11. The number of phenolic OH excluding ortho intramolecular Hbond substituents is 1. The number of nitrogens with two attached hydrogens (primary N) is 1. The highest BCUT2D eigenvalue weighted by atomic mass is 16.5. The number of aromatic hydroxyl groups is 1. The number of hydrogen-bond donors (Lipinski definition) is 2. The van der Waals surface area contributed by atoms with E-state index in [1.54, 1.807) is 30.5 Å². The molecule has 0 fully saturated rings. The molecule has 1 aromatic heterocycles. The van der Waals surface area contributed by atoms with Crippen LogP contribution < -0.4 is 10.5 Å². The Morgan fingerprint density at radius 3 is 2.88 bits per heavy atom. The van der Waals surface area contributed by atoms with Gasteiger partial charge in [-0.3, -0.25) is 4.98 Å². The zero-order valence-electron chi connectivity index (χ0n) is 9.34. The van der Waals surface area contributed by atoms with Crippen molar-refractivity contribution in [1.82, 2.24) is 4.98 Å². The normalized spacial score (nSPS) is 10.2. The van der Waals surface area contributed by atoms with Gasteiger partial charge in [-0.2, -0.15) is 0 Å². The number of benzene rings is 1. The van der Waals surface area contributed by atoms with E-state index in [-0.39, 0.29) is 5.75 Å². The average molecular weight is 230 g/mol. The lowest BCUT2D eigenvalue weighted by Crippen LogP contribution is -2.02. The summed E-state index contributed by atoms with van der Waals surface area (Å²) in [6.07, 6.45) is 1.71. The summed E-state index contributed by atoms with van der Waals surface area (Å²) >= 11 is 0. The van der Waals surface area contributed by atoms with Gasteiger partial charge in [-0.1, -0.05) is 6.07 Å². The molecular formula is C13H14N2O2. The van der Waals surface area contributed by atoms with E-state index in [0.717, 1.165) is 11.3 Å². The van der Waals surface area contributed by atoms with Gasteiger partial charge in [-0.15, -0.1) is 0 Å². The van der Waals surface area contributed by atoms with E-state index in [9.17, 15) is 5.11 Å². The molecule has 1 heterocycles. The smallest absolute Gasteiger partial charge is 0.123 e. The maximum absolute atomic E-state index is 9.29. The van der Waals surface area contributed by atoms with E-state index in [2.05, 4.69) is 4.98 Å². The Labute approximate surface area is 99.7 Å². The summed E-state index contributed by atoms with van der Waals surface area (Å²) in [5, 5.41) is 9.29. The topological polar surface area (TPSA) is 68.4 Å². The standard InChI is InChI=1S/C13H14N2O2/c14-8-11-6-10(4-5-15-11)9-17-13-3-1-2-12(16)7-13/h1-7,16H,8-9,14H2. The van der Waals surface area contributed by atoms with Crippen LogP contribution in [0.4, 0.5) is 0 Å². The fourth-order valence-electron chi connectivity index (χ4n) is 1.47. The third-order valence-electron chi connectivity index (χ3n) is 2.31. The van der Waals surface area contributed by atoms with Gasteiger partial charge in [-0.25, -0.2) is 0 Å². The molecule has 0 saturated carbocycles. The Morgan fingerprint density at radius 2 is 2.12 bits per heavy atom. The molecule has 0 amide bonds. The maximum atomic E-state index is 9.29. The highest BCUT2D eigenvalue weighted by Crippen LogP contribution is 2.18. The molecule has 17 heavy (non-hydrogen) atoms. The van der Waals surface area contributed by atoms with E-state index < -0.39 is 0 Å². The summed E-state index contributed by atoms with van der Waals surface area (Å²) in [5.74, 6) is 0.830. The number of nitrogens with zero attached hydrogens (tertiary/aromatic N) is 1. The monoisotopic (exact) mass is 230 g/mol. The van der Waals surface area contributed by atoms with Gasteiger partial charge in [0, 0.05) is 18.8 Å². The third kappa shape index (κ3) is 3.19. The quantitative estimate of drug-likeness (QED) is 0.840. The maximum Gasteiger partial charge on any atom is 0.123 e. The molecule has 0 aliphatic rings. The molecular weight excluding hydrogens is 216 g/mol. The second kappa shape index (κ2) is 5.32. The molecule has 0 bridgehead atoms. The van der Waals surface area contributed by atoms with Crippen molar-refractivity contribution >= 4 is 0 Å². The Kier molecular flexibility index (Phi) is 3.57. The van der Waals surface area contributed by atoms with E-state index in [1.165, 1.54) is 0 Å². The summed E-state index contributed by atoms with van der Waals surface area (Å²) < 4.78 is 5.54. The van der Waals surface area contributed by atoms with E-state index in [0.29, 0.717) is 18.9 Å². The second-order valence-corrected chi connectivity index (χ2v) is 3.65. The van der Waals surface area contributed by atoms with E-state index in [4.69, 9.17) is 10.5 Å². The molecule has 4 heteroatoms. The fraction of sp³-hybridized carbons (Fsp3) is 0.154. The predicted octanol–water partition coefficient (Wildman–Crippen LogP) is 1.82. The van der Waals surface area contributed by atoms with Gasteiger partial charge in [0.25, 0.3) is 0 Å². The zero-order chi connectivity index (χ0) is 12.1. The number of rotatable bonds is 4. The minimum atomic E-state index is 0.194. The third-order valence-corrected chi connectivity index (χ3v) is 2.31. The first-order valence-corrected chi connectivity index (χ1v) is 5.33. The molecule has 0 aliphatic heterocycles. The van der Waals surface area contributed by atoms with Crippen molar-refractivity contribution in [3.63, 3.8) is 0 Å². The molecule has 0 spiro atoms. The highest BCUT2D eigenvalue weighted by Gasteiger charge is 1.99. The summed E-state index contributed by atoms with van der Waals surface area (Å²) in [7, 11) is 0. The Hall–Kier alpha value is -2.07. The van der Waals surface area contributed by atoms with Gasteiger partial charge in [-0.05, 0) is 29.8 Å². The van der Waals surface area contributed by atoms with Gasteiger partial charge in [0.05, 0.1) is 5.69 Å². The van der Waals surface area contributed by atoms with Gasteiger partial charge >= 0.3 is 0 Å². The van der Waals surface area contributed by atoms with Crippen LogP contribution in [-0.2, 0) is 13.2 Å². The van der Waals surface area contributed by atoms with Crippen molar-refractivity contribution in [2.75, 3.05) is 0 Å².